The number of aryl methyl sites for hydroxylation is 1. The van der Waals surface area contributed by atoms with Gasteiger partial charge in [-0.3, -0.25) is 9.59 Å². The standard InChI is InChI=1S/C19H19NO2/c1-10(2)15-13-8-9-14(15)17-16(13)18(21)20(19(17)22)12-6-4-11(3)5-7-12/h4-9,13-14,16-17H,1-3H3/t13-,14-,16-,17+/m0/s1. The third-order valence-electron chi connectivity index (χ3n) is 5.29. The zero-order chi connectivity index (χ0) is 15.6. The maximum Gasteiger partial charge on any atom is 0.238 e. The van der Waals surface area contributed by atoms with Crippen molar-refractivity contribution in [1.29, 1.82) is 0 Å². The molecule has 0 unspecified atom stereocenters. The molecule has 4 rings (SSSR count). The van der Waals surface area contributed by atoms with Crippen LogP contribution in [0.1, 0.15) is 19.4 Å². The molecule has 3 aliphatic rings. The quantitative estimate of drug-likeness (QED) is 0.589. The van der Waals surface area contributed by atoms with Crippen molar-refractivity contribution >= 4 is 17.5 Å². The Balaban J connectivity index is 1.76. The van der Waals surface area contributed by atoms with Gasteiger partial charge < -0.3 is 0 Å². The number of anilines is 1. The number of hydrogen-bond acceptors (Lipinski definition) is 2. The van der Waals surface area contributed by atoms with E-state index in [-0.39, 0.29) is 35.5 Å². The van der Waals surface area contributed by atoms with Gasteiger partial charge in [0.1, 0.15) is 0 Å². The van der Waals surface area contributed by atoms with E-state index in [1.807, 2.05) is 31.2 Å². The normalized spacial score (nSPS) is 32.1. The van der Waals surface area contributed by atoms with Gasteiger partial charge in [-0.25, -0.2) is 4.90 Å². The van der Waals surface area contributed by atoms with Crippen molar-refractivity contribution in [2.45, 2.75) is 20.8 Å². The predicted molar refractivity (Wildman–Crippen MR) is 85.1 cm³/mol. The molecule has 2 bridgehead atoms. The number of carbonyl (C=O) groups excluding carboxylic acids is 2. The number of amides is 2. The van der Waals surface area contributed by atoms with Crippen molar-refractivity contribution in [2.24, 2.45) is 23.7 Å². The summed E-state index contributed by atoms with van der Waals surface area (Å²) in [6.07, 6.45) is 4.25. The average Bonchev–Trinajstić information content (AvgIpc) is 3.11. The third-order valence-corrected chi connectivity index (χ3v) is 5.29. The maximum atomic E-state index is 12.9. The zero-order valence-electron chi connectivity index (χ0n) is 13.0. The van der Waals surface area contributed by atoms with E-state index in [1.54, 1.807) is 0 Å². The van der Waals surface area contributed by atoms with Gasteiger partial charge in [-0.05, 0) is 32.9 Å². The number of fused-ring (bicyclic) bond motifs is 5. The molecule has 1 saturated heterocycles. The van der Waals surface area contributed by atoms with Crippen LogP contribution in [0.15, 0.2) is 47.6 Å². The molecule has 1 saturated carbocycles. The van der Waals surface area contributed by atoms with E-state index in [4.69, 9.17) is 0 Å². The highest BCUT2D eigenvalue weighted by Gasteiger charge is 2.61. The fraction of sp³-hybridized carbons (Fsp3) is 0.368. The molecule has 3 heteroatoms. The lowest BCUT2D eigenvalue weighted by atomic mass is 9.85. The fourth-order valence-electron chi connectivity index (χ4n) is 4.38. The Morgan fingerprint density at radius 1 is 0.909 bits per heavy atom. The van der Waals surface area contributed by atoms with Crippen LogP contribution in [0.3, 0.4) is 0 Å². The minimum absolute atomic E-state index is 0.0329. The average molecular weight is 293 g/mol. The summed E-state index contributed by atoms with van der Waals surface area (Å²) in [7, 11) is 0. The first-order chi connectivity index (χ1) is 10.5. The van der Waals surface area contributed by atoms with Gasteiger partial charge in [0, 0.05) is 11.8 Å². The Morgan fingerprint density at radius 3 is 1.86 bits per heavy atom. The van der Waals surface area contributed by atoms with E-state index in [2.05, 4.69) is 26.0 Å². The van der Waals surface area contributed by atoms with Crippen LogP contribution in [0.5, 0.6) is 0 Å². The molecule has 0 spiro atoms. The minimum Gasteiger partial charge on any atom is -0.274 e. The SMILES string of the molecule is CC(C)=C1[C@@H]2C=C[C@@H]1[C@H]1C(=O)N(c3ccc(C)cc3)C(=O)[C@H]12. The Hall–Kier alpha value is -2.16. The van der Waals surface area contributed by atoms with Crippen LogP contribution in [0.4, 0.5) is 5.69 Å². The molecule has 1 aromatic carbocycles. The molecule has 22 heavy (non-hydrogen) atoms. The molecular weight excluding hydrogens is 274 g/mol. The smallest absolute Gasteiger partial charge is 0.238 e. The van der Waals surface area contributed by atoms with E-state index in [9.17, 15) is 9.59 Å². The fourth-order valence-corrected chi connectivity index (χ4v) is 4.38. The first-order valence-corrected chi connectivity index (χ1v) is 7.81. The summed E-state index contributed by atoms with van der Waals surface area (Å²) >= 11 is 0. The Kier molecular flexibility index (Phi) is 2.71. The highest BCUT2D eigenvalue weighted by atomic mass is 16.2. The second-order valence-corrected chi connectivity index (χ2v) is 6.79. The van der Waals surface area contributed by atoms with Gasteiger partial charge in [-0.15, -0.1) is 0 Å². The summed E-state index contributed by atoms with van der Waals surface area (Å²) in [4.78, 5) is 27.2. The van der Waals surface area contributed by atoms with E-state index < -0.39 is 0 Å². The molecule has 4 atom stereocenters. The first kappa shape index (κ1) is 13.5. The van der Waals surface area contributed by atoms with Crippen molar-refractivity contribution in [2.75, 3.05) is 4.90 Å². The first-order valence-electron chi connectivity index (χ1n) is 7.81. The number of imide groups is 1. The Labute approximate surface area is 130 Å². The van der Waals surface area contributed by atoms with E-state index in [1.165, 1.54) is 16.0 Å². The van der Waals surface area contributed by atoms with Gasteiger partial charge in [0.2, 0.25) is 11.8 Å². The molecule has 0 N–H and O–H groups in total. The second-order valence-electron chi connectivity index (χ2n) is 6.79. The molecule has 0 aromatic heterocycles. The summed E-state index contributed by atoms with van der Waals surface area (Å²) in [6.45, 7) is 6.16. The number of rotatable bonds is 1. The summed E-state index contributed by atoms with van der Waals surface area (Å²) < 4.78 is 0. The van der Waals surface area contributed by atoms with Crippen LogP contribution >= 0.6 is 0 Å². The second kappa shape index (κ2) is 4.42. The van der Waals surface area contributed by atoms with Crippen LogP contribution < -0.4 is 4.90 Å². The lowest BCUT2D eigenvalue weighted by Crippen LogP contribution is -2.33. The lowest BCUT2D eigenvalue weighted by Gasteiger charge is -2.19. The summed E-state index contributed by atoms with van der Waals surface area (Å²) in [5, 5.41) is 0. The summed E-state index contributed by atoms with van der Waals surface area (Å²) in [5.41, 5.74) is 4.36. The van der Waals surface area contributed by atoms with Crippen molar-refractivity contribution in [3.05, 3.63) is 53.1 Å². The van der Waals surface area contributed by atoms with Gasteiger partial charge in [0.25, 0.3) is 0 Å². The van der Waals surface area contributed by atoms with Crippen LogP contribution in [0.25, 0.3) is 0 Å². The van der Waals surface area contributed by atoms with Gasteiger partial charge in [-0.2, -0.15) is 0 Å². The number of benzene rings is 1. The van der Waals surface area contributed by atoms with E-state index >= 15 is 0 Å². The summed E-state index contributed by atoms with van der Waals surface area (Å²) in [6, 6.07) is 7.61. The number of allylic oxidation sites excluding steroid dienone is 4. The highest BCUT2D eigenvalue weighted by molar-refractivity contribution is 6.23. The van der Waals surface area contributed by atoms with Gasteiger partial charge in [0.15, 0.2) is 0 Å². The molecule has 0 radical (unpaired) electrons. The monoisotopic (exact) mass is 293 g/mol. The van der Waals surface area contributed by atoms with Crippen molar-refractivity contribution < 1.29 is 9.59 Å². The van der Waals surface area contributed by atoms with E-state index in [0.717, 1.165) is 5.56 Å². The van der Waals surface area contributed by atoms with Crippen molar-refractivity contribution in [1.82, 2.24) is 0 Å². The third kappa shape index (κ3) is 1.57. The van der Waals surface area contributed by atoms with E-state index in [0.29, 0.717) is 5.69 Å². The molecule has 3 nitrogen and oxygen atoms in total. The van der Waals surface area contributed by atoms with Gasteiger partial charge in [0.05, 0.1) is 17.5 Å². The maximum absolute atomic E-state index is 12.9. The number of nitrogens with zero attached hydrogens (tertiary/aromatic N) is 1. The van der Waals surface area contributed by atoms with Gasteiger partial charge >= 0.3 is 0 Å². The van der Waals surface area contributed by atoms with Crippen molar-refractivity contribution in [3.8, 4) is 0 Å². The predicted octanol–water partition coefficient (Wildman–Crippen LogP) is 3.25. The van der Waals surface area contributed by atoms with Crippen LogP contribution in [-0.4, -0.2) is 11.8 Å². The number of carbonyl (C=O) groups is 2. The van der Waals surface area contributed by atoms with Gasteiger partial charge in [-0.1, -0.05) is 41.0 Å². The number of hydrogen-bond donors (Lipinski definition) is 0. The molecular formula is C19H19NO2. The molecule has 1 aliphatic heterocycles. The van der Waals surface area contributed by atoms with Crippen LogP contribution in [0, 0.1) is 30.6 Å². The topological polar surface area (TPSA) is 37.4 Å². The largest absolute Gasteiger partial charge is 0.274 e. The molecule has 2 amide bonds. The molecule has 2 aliphatic carbocycles. The molecule has 1 heterocycles. The van der Waals surface area contributed by atoms with Crippen molar-refractivity contribution in [3.63, 3.8) is 0 Å². The Bertz CT molecular complexity index is 703. The minimum atomic E-state index is -0.200. The van der Waals surface area contributed by atoms with Crippen LogP contribution in [-0.2, 0) is 9.59 Å². The lowest BCUT2D eigenvalue weighted by molar-refractivity contribution is -0.122. The van der Waals surface area contributed by atoms with Crippen LogP contribution in [0.2, 0.25) is 0 Å². The Morgan fingerprint density at radius 2 is 1.41 bits per heavy atom. The highest BCUT2D eigenvalue weighted by Crippen LogP contribution is 2.57. The zero-order valence-corrected chi connectivity index (χ0v) is 13.0. The molecule has 2 fully saturated rings. The molecule has 112 valence electrons. The summed E-state index contributed by atoms with van der Waals surface area (Å²) in [5.74, 6) is -0.231. The molecule has 1 aromatic rings.